The number of aryl methyl sites for hydroxylation is 1. The number of carbonyl (C=O) groups is 2. The third kappa shape index (κ3) is 4.62. The third-order valence-electron chi connectivity index (χ3n) is 4.62. The fourth-order valence-electron chi connectivity index (χ4n) is 3.14. The van der Waals surface area contributed by atoms with Gasteiger partial charge in [-0.25, -0.2) is 9.97 Å². The van der Waals surface area contributed by atoms with E-state index in [0.29, 0.717) is 36.8 Å². The fraction of sp³-hybridized carbons (Fsp3) is 0.529. The highest BCUT2D eigenvalue weighted by atomic mass is 35.5. The number of nitrogens with one attached hydrogen (secondary N) is 2. The molecule has 0 radical (unpaired) electrons. The number of H-pyrrole nitrogens is 1. The first-order valence-corrected chi connectivity index (χ1v) is 10.2. The Balaban J connectivity index is 1.63. The summed E-state index contributed by atoms with van der Waals surface area (Å²) in [6.45, 7) is 3.14. The van der Waals surface area contributed by atoms with Crippen LogP contribution in [-0.2, 0) is 22.4 Å². The minimum absolute atomic E-state index is 0.0951. The monoisotopic (exact) mass is 427 g/mol. The van der Waals surface area contributed by atoms with E-state index in [9.17, 15) is 9.59 Å². The first-order valence-electron chi connectivity index (χ1n) is 8.90. The van der Waals surface area contributed by atoms with Gasteiger partial charge in [0.1, 0.15) is 0 Å². The van der Waals surface area contributed by atoms with Crippen LogP contribution in [0.15, 0.2) is 5.38 Å². The van der Waals surface area contributed by atoms with E-state index in [-0.39, 0.29) is 30.3 Å². The molecule has 2 aromatic heterocycles. The standard InChI is InChI=1S/C17H22ClN5O4S/c1-3-10-14(18)22-15(20-10)16(26)21-11-4-5-23(7-12(11)27-2)17-19-9(8-28-17)6-13(24)25/h8,11-12H,3-7H2,1-2H3,(H,20,22)(H,21,26)(H,24,25). The molecular weight excluding hydrogens is 406 g/mol. The van der Waals surface area contributed by atoms with Gasteiger partial charge in [-0.3, -0.25) is 9.59 Å². The fourth-order valence-corrected chi connectivity index (χ4v) is 4.27. The lowest BCUT2D eigenvalue weighted by atomic mass is 10.0. The van der Waals surface area contributed by atoms with E-state index < -0.39 is 5.97 Å². The summed E-state index contributed by atoms with van der Waals surface area (Å²) in [4.78, 5) is 36.8. The van der Waals surface area contributed by atoms with Crippen molar-refractivity contribution in [1.29, 1.82) is 0 Å². The van der Waals surface area contributed by atoms with Crippen molar-refractivity contribution in [3.8, 4) is 0 Å². The molecule has 1 aliphatic rings. The summed E-state index contributed by atoms with van der Waals surface area (Å²) in [5.74, 6) is -1.03. The average molecular weight is 428 g/mol. The van der Waals surface area contributed by atoms with Gasteiger partial charge >= 0.3 is 5.97 Å². The van der Waals surface area contributed by atoms with Crippen molar-refractivity contribution in [1.82, 2.24) is 20.3 Å². The maximum absolute atomic E-state index is 12.5. The Morgan fingerprint density at radius 2 is 2.29 bits per heavy atom. The molecule has 9 nitrogen and oxygen atoms in total. The molecule has 3 rings (SSSR count). The molecule has 0 aromatic carbocycles. The molecule has 152 valence electrons. The van der Waals surface area contributed by atoms with Gasteiger partial charge in [-0.05, 0) is 12.8 Å². The Kier molecular flexibility index (Phi) is 6.53. The van der Waals surface area contributed by atoms with Crippen molar-refractivity contribution in [2.75, 3.05) is 25.1 Å². The summed E-state index contributed by atoms with van der Waals surface area (Å²) in [6, 6.07) is -0.179. The number of aliphatic carboxylic acids is 1. The van der Waals surface area contributed by atoms with Gasteiger partial charge < -0.3 is 25.0 Å². The van der Waals surface area contributed by atoms with Gasteiger partial charge in [0.15, 0.2) is 16.1 Å². The second-order valence-electron chi connectivity index (χ2n) is 6.49. The summed E-state index contributed by atoms with van der Waals surface area (Å²) in [5.41, 5.74) is 1.27. The Morgan fingerprint density at radius 1 is 1.50 bits per heavy atom. The number of piperidine rings is 1. The molecule has 11 heteroatoms. The predicted octanol–water partition coefficient (Wildman–Crippen LogP) is 1.73. The van der Waals surface area contributed by atoms with E-state index in [2.05, 4.69) is 20.3 Å². The lowest BCUT2D eigenvalue weighted by Gasteiger charge is -2.37. The van der Waals surface area contributed by atoms with E-state index in [1.807, 2.05) is 11.8 Å². The van der Waals surface area contributed by atoms with Crippen LogP contribution in [0.2, 0.25) is 5.15 Å². The van der Waals surface area contributed by atoms with Gasteiger partial charge in [-0.2, -0.15) is 0 Å². The molecule has 0 spiro atoms. The number of amides is 1. The number of aromatic amines is 1. The van der Waals surface area contributed by atoms with Crippen LogP contribution in [0.25, 0.3) is 0 Å². The SMILES string of the molecule is CCc1[nH]c(C(=O)NC2CCN(c3nc(CC(=O)O)cs3)CC2OC)nc1Cl. The van der Waals surface area contributed by atoms with Crippen molar-refractivity contribution in [3.05, 3.63) is 27.7 Å². The van der Waals surface area contributed by atoms with E-state index >= 15 is 0 Å². The van der Waals surface area contributed by atoms with Crippen LogP contribution >= 0.6 is 22.9 Å². The third-order valence-corrected chi connectivity index (χ3v) is 5.88. The molecule has 0 saturated carbocycles. The highest BCUT2D eigenvalue weighted by Gasteiger charge is 2.32. The number of rotatable bonds is 7. The van der Waals surface area contributed by atoms with Crippen LogP contribution in [-0.4, -0.2) is 64.3 Å². The van der Waals surface area contributed by atoms with Crippen molar-refractivity contribution < 1.29 is 19.4 Å². The number of thiazole rings is 1. The molecule has 1 aliphatic heterocycles. The van der Waals surface area contributed by atoms with Crippen LogP contribution in [0.3, 0.4) is 0 Å². The van der Waals surface area contributed by atoms with Gasteiger partial charge in [0.05, 0.1) is 30.0 Å². The second-order valence-corrected chi connectivity index (χ2v) is 7.68. The van der Waals surface area contributed by atoms with Crippen molar-refractivity contribution in [2.24, 2.45) is 0 Å². The summed E-state index contributed by atoms with van der Waals surface area (Å²) in [7, 11) is 1.60. The zero-order chi connectivity index (χ0) is 20.3. The summed E-state index contributed by atoms with van der Waals surface area (Å²) in [5, 5.41) is 14.7. The number of ether oxygens (including phenoxy) is 1. The van der Waals surface area contributed by atoms with Crippen molar-refractivity contribution >= 4 is 39.9 Å². The summed E-state index contributed by atoms with van der Waals surface area (Å²) < 4.78 is 5.58. The molecule has 1 saturated heterocycles. The van der Waals surface area contributed by atoms with Crippen molar-refractivity contribution in [3.63, 3.8) is 0 Å². The minimum atomic E-state index is -0.905. The van der Waals surface area contributed by atoms with E-state index in [0.717, 1.165) is 10.8 Å². The number of hydrogen-bond acceptors (Lipinski definition) is 7. The summed E-state index contributed by atoms with van der Waals surface area (Å²) >= 11 is 7.42. The van der Waals surface area contributed by atoms with Crippen LogP contribution in [0.1, 0.15) is 35.4 Å². The zero-order valence-corrected chi connectivity index (χ0v) is 17.1. The molecule has 1 amide bonds. The van der Waals surface area contributed by atoms with E-state index in [4.69, 9.17) is 21.4 Å². The maximum atomic E-state index is 12.5. The second kappa shape index (κ2) is 8.89. The smallest absolute Gasteiger partial charge is 0.309 e. The predicted molar refractivity (Wildman–Crippen MR) is 105 cm³/mol. The summed E-state index contributed by atoms with van der Waals surface area (Å²) in [6.07, 6.45) is 0.992. The number of carboxylic acids is 1. The maximum Gasteiger partial charge on any atom is 0.309 e. The van der Waals surface area contributed by atoms with Crippen molar-refractivity contribution in [2.45, 2.75) is 38.3 Å². The highest BCUT2D eigenvalue weighted by molar-refractivity contribution is 7.13. The number of carboxylic acid groups (broad SMARTS) is 1. The van der Waals surface area contributed by atoms with Crippen LogP contribution in [0.5, 0.6) is 0 Å². The number of methoxy groups -OCH3 is 1. The first-order chi connectivity index (χ1) is 13.4. The topological polar surface area (TPSA) is 120 Å². The Morgan fingerprint density at radius 3 is 2.93 bits per heavy atom. The van der Waals surface area contributed by atoms with Crippen LogP contribution < -0.4 is 10.2 Å². The molecule has 3 heterocycles. The number of hydrogen-bond donors (Lipinski definition) is 3. The highest BCUT2D eigenvalue weighted by Crippen LogP contribution is 2.25. The molecule has 1 fully saturated rings. The Bertz CT molecular complexity index is 854. The number of carbonyl (C=O) groups excluding carboxylic acids is 1. The lowest BCUT2D eigenvalue weighted by Crippen LogP contribution is -2.55. The van der Waals surface area contributed by atoms with Gasteiger partial charge in [0.2, 0.25) is 0 Å². The largest absolute Gasteiger partial charge is 0.481 e. The number of anilines is 1. The van der Waals surface area contributed by atoms with Crippen LogP contribution in [0.4, 0.5) is 5.13 Å². The van der Waals surface area contributed by atoms with E-state index in [1.54, 1.807) is 12.5 Å². The van der Waals surface area contributed by atoms with Gasteiger partial charge in [0, 0.05) is 25.6 Å². The number of nitrogens with zero attached hydrogens (tertiary/aromatic N) is 3. The Labute approximate surface area is 171 Å². The van der Waals surface area contributed by atoms with E-state index in [1.165, 1.54) is 11.3 Å². The molecule has 0 aliphatic carbocycles. The minimum Gasteiger partial charge on any atom is -0.481 e. The quantitative estimate of drug-likeness (QED) is 0.615. The molecule has 2 unspecified atom stereocenters. The lowest BCUT2D eigenvalue weighted by molar-refractivity contribution is -0.136. The Hall–Kier alpha value is -2.17. The zero-order valence-electron chi connectivity index (χ0n) is 15.6. The molecule has 2 atom stereocenters. The van der Waals surface area contributed by atoms with Gasteiger partial charge in [-0.1, -0.05) is 18.5 Å². The number of halogens is 1. The molecule has 2 aromatic rings. The normalized spacial score (nSPS) is 19.6. The molecule has 28 heavy (non-hydrogen) atoms. The number of aromatic nitrogens is 3. The molecular formula is C17H22ClN5O4S. The molecule has 0 bridgehead atoms. The number of imidazole rings is 1. The average Bonchev–Trinajstić information content (AvgIpc) is 3.27. The van der Waals surface area contributed by atoms with Gasteiger partial charge in [0.25, 0.3) is 5.91 Å². The first kappa shape index (κ1) is 20.6. The van der Waals surface area contributed by atoms with Crippen LogP contribution in [0, 0.1) is 0 Å². The molecule has 3 N–H and O–H groups in total. The van der Waals surface area contributed by atoms with Gasteiger partial charge in [-0.15, -0.1) is 11.3 Å².